The van der Waals surface area contributed by atoms with Crippen LogP contribution in [0.2, 0.25) is 0 Å². The monoisotopic (exact) mass is 287 g/mol. The smallest absolute Gasteiger partial charge is 0.220 e. The molecule has 3 heteroatoms. The average molecular weight is 287 g/mol. The molecule has 1 amide bonds. The second kappa shape index (κ2) is 6.08. The van der Waals surface area contributed by atoms with Gasteiger partial charge >= 0.3 is 0 Å². The summed E-state index contributed by atoms with van der Waals surface area (Å²) in [7, 11) is 1.69. The molecule has 0 aromatic heterocycles. The van der Waals surface area contributed by atoms with Crippen LogP contribution in [0.4, 0.5) is 0 Å². The Balaban J connectivity index is 1.48. The second-order valence-corrected chi connectivity index (χ2v) is 6.65. The van der Waals surface area contributed by atoms with Gasteiger partial charge in [-0.2, -0.15) is 0 Å². The zero-order chi connectivity index (χ0) is 14.8. The highest BCUT2D eigenvalue weighted by molar-refractivity contribution is 5.76. The first-order valence-corrected chi connectivity index (χ1v) is 8.08. The number of carbonyl (C=O) groups is 1. The van der Waals surface area contributed by atoms with Crippen LogP contribution in [0.15, 0.2) is 18.2 Å². The molecule has 3 atom stereocenters. The zero-order valence-corrected chi connectivity index (χ0v) is 13.0. The number of hydrogen-bond acceptors (Lipinski definition) is 2. The fourth-order valence-electron chi connectivity index (χ4n) is 4.05. The van der Waals surface area contributed by atoms with E-state index in [1.807, 2.05) is 13.0 Å². The molecule has 0 aliphatic heterocycles. The Bertz CT molecular complexity index is 526. The van der Waals surface area contributed by atoms with Gasteiger partial charge in [0, 0.05) is 12.5 Å². The predicted molar refractivity (Wildman–Crippen MR) is 83.4 cm³/mol. The van der Waals surface area contributed by atoms with Crippen LogP contribution in [0.5, 0.6) is 5.75 Å². The molecule has 2 fully saturated rings. The van der Waals surface area contributed by atoms with Gasteiger partial charge in [-0.3, -0.25) is 4.79 Å². The Morgan fingerprint density at radius 2 is 2.19 bits per heavy atom. The van der Waals surface area contributed by atoms with Crippen molar-refractivity contribution in [2.75, 3.05) is 7.11 Å². The summed E-state index contributed by atoms with van der Waals surface area (Å²) in [6.45, 7) is 2.04. The number of carbonyl (C=O) groups excluding carboxylic acids is 1. The van der Waals surface area contributed by atoms with Gasteiger partial charge in [-0.05, 0) is 61.6 Å². The molecule has 0 heterocycles. The van der Waals surface area contributed by atoms with E-state index in [9.17, 15) is 4.79 Å². The summed E-state index contributed by atoms with van der Waals surface area (Å²) < 4.78 is 5.26. The molecule has 1 N–H and O–H groups in total. The molecule has 114 valence electrons. The summed E-state index contributed by atoms with van der Waals surface area (Å²) >= 11 is 0. The van der Waals surface area contributed by atoms with E-state index in [1.54, 1.807) is 7.11 Å². The molecule has 2 bridgehead atoms. The molecule has 2 aliphatic carbocycles. The van der Waals surface area contributed by atoms with Gasteiger partial charge in [0.2, 0.25) is 5.91 Å². The summed E-state index contributed by atoms with van der Waals surface area (Å²) in [6.07, 6.45) is 6.62. The first kappa shape index (κ1) is 14.4. The summed E-state index contributed by atoms with van der Waals surface area (Å²) in [6, 6.07) is 6.60. The number of hydrogen-bond donors (Lipinski definition) is 1. The van der Waals surface area contributed by atoms with Gasteiger partial charge in [-0.15, -0.1) is 0 Å². The fourth-order valence-corrected chi connectivity index (χ4v) is 4.05. The highest BCUT2D eigenvalue weighted by atomic mass is 16.5. The van der Waals surface area contributed by atoms with Gasteiger partial charge in [0.25, 0.3) is 0 Å². The minimum absolute atomic E-state index is 0.209. The number of amides is 1. The van der Waals surface area contributed by atoms with Gasteiger partial charge in [0.05, 0.1) is 7.11 Å². The van der Waals surface area contributed by atoms with Crippen LogP contribution in [0.1, 0.15) is 43.2 Å². The van der Waals surface area contributed by atoms with Gasteiger partial charge in [-0.1, -0.05) is 18.6 Å². The van der Waals surface area contributed by atoms with Crippen LogP contribution in [0, 0.1) is 18.8 Å². The first-order chi connectivity index (χ1) is 10.2. The van der Waals surface area contributed by atoms with Crippen LogP contribution in [0.25, 0.3) is 0 Å². The maximum absolute atomic E-state index is 12.1. The van der Waals surface area contributed by atoms with Crippen molar-refractivity contribution in [3.05, 3.63) is 29.3 Å². The molecule has 1 aromatic carbocycles. The van der Waals surface area contributed by atoms with Crippen molar-refractivity contribution in [1.82, 2.24) is 5.32 Å². The largest absolute Gasteiger partial charge is 0.496 e. The molecule has 2 saturated carbocycles. The van der Waals surface area contributed by atoms with Crippen molar-refractivity contribution in [2.24, 2.45) is 11.8 Å². The number of fused-ring (bicyclic) bond motifs is 2. The first-order valence-electron chi connectivity index (χ1n) is 8.08. The van der Waals surface area contributed by atoms with Crippen LogP contribution < -0.4 is 10.1 Å². The average Bonchev–Trinajstić information content (AvgIpc) is 3.08. The third-order valence-electron chi connectivity index (χ3n) is 5.18. The molecule has 3 nitrogen and oxygen atoms in total. The van der Waals surface area contributed by atoms with E-state index in [0.29, 0.717) is 12.5 Å². The van der Waals surface area contributed by atoms with E-state index in [0.717, 1.165) is 29.6 Å². The minimum atomic E-state index is 0.209. The number of nitrogens with one attached hydrogen (secondary N) is 1. The van der Waals surface area contributed by atoms with Crippen LogP contribution in [0.3, 0.4) is 0 Å². The standard InChI is InChI=1S/C18H25NO2/c1-12-9-13(4-7-17(12)21-2)5-8-18(20)19-16-11-14-3-6-15(16)10-14/h4,7,9,14-16H,3,5-6,8,10-11H2,1-2H3,(H,19,20)/t14-,15+,16-/m0/s1. The molecular weight excluding hydrogens is 262 g/mol. The summed E-state index contributed by atoms with van der Waals surface area (Å²) in [5.74, 6) is 2.75. The molecule has 0 radical (unpaired) electrons. The minimum Gasteiger partial charge on any atom is -0.496 e. The third-order valence-corrected chi connectivity index (χ3v) is 5.18. The maximum Gasteiger partial charge on any atom is 0.220 e. The quantitative estimate of drug-likeness (QED) is 0.903. The molecule has 21 heavy (non-hydrogen) atoms. The molecule has 0 saturated heterocycles. The van der Waals surface area contributed by atoms with Crippen molar-refractivity contribution in [3.63, 3.8) is 0 Å². The number of aryl methyl sites for hydroxylation is 2. The maximum atomic E-state index is 12.1. The number of benzene rings is 1. The molecular formula is C18H25NO2. The van der Waals surface area contributed by atoms with Crippen molar-refractivity contribution in [1.29, 1.82) is 0 Å². The second-order valence-electron chi connectivity index (χ2n) is 6.65. The lowest BCUT2D eigenvalue weighted by Gasteiger charge is -2.22. The summed E-state index contributed by atoms with van der Waals surface area (Å²) in [5.41, 5.74) is 2.33. The Kier molecular flexibility index (Phi) is 4.18. The topological polar surface area (TPSA) is 38.3 Å². The molecule has 0 unspecified atom stereocenters. The van der Waals surface area contributed by atoms with E-state index >= 15 is 0 Å². The Labute approximate surface area is 127 Å². The molecule has 0 spiro atoms. The molecule has 3 rings (SSSR count). The zero-order valence-electron chi connectivity index (χ0n) is 13.0. The van der Waals surface area contributed by atoms with Gasteiger partial charge < -0.3 is 10.1 Å². The van der Waals surface area contributed by atoms with Crippen LogP contribution in [-0.4, -0.2) is 19.1 Å². The Hall–Kier alpha value is -1.51. The van der Waals surface area contributed by atoms with Crippen LogP contribution in [-0.2, 0) is 11.2 Å². The Morgan fingerprint density at radius 1 is 1.33 bits per heavy atom. The van der Waals surface area contributed by atoms with Crippen molar-refractivity contribution < 1.29 is 9.53 Å². The van der Waals surface area contributed by atoms with Crippen molar-refractivity contribution in [2.45, 2.75) is 51.5 Å². The molecule has 1 aromatic rings. The number of methoxy groups -OCH3 is 1. The van der Waals surface area contributed by atoms with Gasteiger partial charge in [0.15, 0.2) is 0 Å². The van der Waals surface area contributed by atoms with E-state index in [4.69, 9.17) is 4.74 Å². The SMILES string of the molecule is COc1ccc(CCC(=O)N[C@H]2C[C@H]3CC[C@@H]2C3)cc1C. The lowest BCUT2D eigenvalue weighted by atomic mass is 9.95. The van der Waals surface area contributed by atoms with Gasteiger partial charge in [0.1, 0.15) is 5.75 Å². The third kappa shape index (κ3) is 3.22. The van der Waals surface area contributed by atoms with Crippen molar-refractivity contribution >= 4 is 5.91 Å². The van der Waals surface area contributed by atoms with E-state index < -0.39 is 0 Å². The predicted octanol–water partition coefficient (Wildman–Crippen LogP) is 3.24. The lowest BCUT2D eigenvalue weighted by Crippen LogP contribution is -2.38. The van der Waals surface area contributed by atoms with Crippen molar-refractivity contribution in [3.8, 4) is 5.75 Å². The normalized spacial score (nSPS) is 26.9. The fraction of sp³-hybridized carbons (Fsp3) is 0.611. The summed E-state index contributed by atoms with van der Waals surface area (Å²) in [5, 5.41) is 3.25. The van der Waals surface area contributed by atoms with E-state index in [1.165, 1.54) is 31.2 Å². The van der Waals surface area contributed by atoms with Gasteiger partial charge in [-0.25, -0.2) is 0 Å². The highest BCUT2D eigenvalue weighted by Gasteiger charge is 2.39. The lowest BCUT2D eigenvalue weighted by molar-refractivity contribution is -0.122. The van der Waals surface area contributed by atoms with E-state index in [-0.39, 0.29) is 5.91 Å². The highest BCUT2D eigenvalue weighted by Crippen LogP contribution is 2.44. The number of rotatable bonds is 5. The van der Waals surface area contributed by atoms with E-state index in [2.05, 4.69) is 17.4 Å². The summed E-state index contributed by atoms with van der Waals surface area (Å²) in [4.78, 5) is 12.1. The van der Waals surface area contributed by atoms with Crippen LogP contribution >= 0.6 is 0 Å². The number of ether oxygens (including phenoxy) is 1. The Morgan fingerprint density at radius 3 is 2.81 bits per heavy atom. The molecule has 2 aliphatic rings.